The molecule has 0 saturated carbocycles. The van der Waals surface area contributed by atoms with E-state index in [1.165, 1.54) is 31.4 Å². The molecule has 2 aliphatic heterocycles. The van der Waals surface area contributed by atoms with Gasteiger partial charge in [0.1, 0.15) is 43.5 Å². The van der Waals surface area contributed by atoms with Crippen molar-refractivity contribution >= 4 is 34.8 Å². The number of fused-ring (bicyclic) bond motifs is 2. The van der Waals surface area contributed by atoms with Gasteiger partial charge in [-0.05, 0) is 29.8 Å². The number of benzene rings is 2. The number of hydrogen-bond donors (Lipinski definition) is 0. The summed E-state index contributed by atoms with van der Waals surface area (Å²) in [5.41, 5.74) is 0.733. The SMILES string of the molecule is CC(=O)OC[C@@H]1O[C@H](Oc2ccc3c(=O)c(-c4ccc5c(c4)OCCO5)coc3c2)[C@H](OC(C)=O)[C@H](OC(C)=O)[C@@H]1OC(C)=O. The van der Waals surface area contributed by atoms with E-state index in [0.717, 1.165) is 20.8 Å². The zero-order valence-corrected chi connectivity index (χ0v) is 24.8. The third-order valence-electron chi connectivity index (χ3n) is 6.80. The second kappa shape index (κ2) is 13.3. The van der Waals surface area contributed by atoms with Crippen molar-refractivity contribution in [3.05, 3.63) is 52.9 Å². The highest BCUT2D eigenvalue weighted by Gasteiger charge is 2.53. The summed E-state index contributed by atoms with van der Waals surface area (Å²) in [7, 11) is 0. The maximum atomic E-state index is 13.4. The van der Waals surface area contributed by atoms with Crippen molar-refractivity contribution in [3.63, 3.8) is 0 Å². The van der Waals surface area contributed by atoms with Crippen LogP contribution in [0.1, 0.15) is 27.7 Å². The van der Waals surface area contributed by atoms with E-state index in [0.29, 0.717) is 35.8 Å². The molecule has 0 unspecified atom stereocenters. The third-order valence-corrected chi connectivity index (χ3v) is 6.80. The standard InChI is InChI=1S/C31H30O14/c1-15(32)39-14-26-28(41-16(2)33)29(42-17(3)34)30(43-18(4)35)31(45-26)44-20-6-7-21-24(12-20)40-13-22(27(21)36)19-5-8-23-25(11-19)38-10-9-37-23/h5-8,11-13,26,28-31H,9-10,14H2,1-4H3/t26-,28+,29+,30+,31-/m0/s1. The van der Waals surface area contributed by atoms with Gasteiger partial charge >= 0.3 is 23.9 Å². The lowest BCUT2D eigenvalue weighted by molar-refractivity contribution is -0.288. The molecule has 0 radical (unpaired) electrons. The van der Waals surface area contributed by atoms with Gasteiger partial charge in [-0.1, -0.05) is 6.07 Å². The average molecular weight is 627 g/mol. The Morgan fingerprint density at radius 3 is 2.13 bits per heavy atom. The van der Waals surface area contributed by atoms with Crippen LogP contribution in [0.3, 0.4) is 0 Å². The van der Waals surface area contributed by atoms with E-state index >= 15 is 0 Å². The van der Waals surface area contributed by atoms with Crippen LogP contribution < -0.4 is 19.6 Å². The van der Waals surface area contributed by atoms with Gasteiger partial charge in [-0.15, -0.1) is 0 Å². The molecule has 5 atom stereocenters. The first kappa shape index (κ1) is 31.3. The number of carbonyl (C=O) groups excluding carboxylic acids is 4. The molecule has 0 aliphatic carbocycles. The molecule has 0 N–H and O–H groups in total. The molecule has 14 nitrogen and oxygen atoms in total. The number of hydrogen-bond acceptors (Lipinski definition) is 14. The Kier molecular flexibility index (Phi) is 9.23. The molecule has 3 aromatic rings. The fourth-order valence-corrected chi connectivity index (χ4v) is 5.01. The van der Waals surface area contributed by atoms with E-state index in [1.54, 1.807) is 18.2 Å². The topological polar surface area (TPSA) is 172 Å². The molecule has 238 valence electrons. The van der Waals surface area contributed by atoms with Gasteiger partial charge in [0.25, 0.3) is 0 Å². The number of rotatable bonds is 8. The summed E-state index contributed by atoms with van der Waals surface area (Å²) in [6.45, 7) is 4.96. The Morgan fingerprint density at radius 2 is 1.44 bits per heavy atom. The van der Waals surface area contributed by atoms with Crippen molar-refractivity contribution in [3.8, 4) is 28.4 Å². The Balaban J connectivity index is 1.47. The van der Waals surface area contributed by atoms with Gasteiger partial charge in [0.15, 0.2) is 29.1 Å². The zero-order valence-electron chi connectivity index (χ0n) is 24.8. The van der Waals surface area contributed by atoms with Crippen LogP contribution in [0.4, 0.5) is 0 Å². The number of esters is 4. The molecule has 0 amide bonds. The number of ether oxygens (including phenoxy) is 8. The van der Waals surface area contributed by atoms with Crippen molar-refractivity contribution in [2.24, 2.45) is 0 Å². The van der Waals surface area contributed by atoms with Crippen molar-refractivity contribution < 1.29 is 61.5 Å². The minimum atomic E-state index is -1.45. The quantitative estimate of drug-likeness (QED) is 0.264. The van der Waals surface area contributed by atoms with E-state index in [2.05, 4.69) is 0 Å². The minimum absolute atomic E-state index is 0.124. The number of carbonyl (C=O) groups is 4. The monoisotopic (exact) mass is 626 g/mol. The van der Waals surface area contributed by atoms with Gasteiger partial charge in [-0.25, -0.2) is 0 Å². The minimum Gasteiger partial charge on any atom is -0.486 e. The second-order valence-electron chi connectivity index (χ2n) is 10.2. The molecule has 1 aromatic heterocycles. The zero-order chi connectivity index (χ0) is 32.2. The van der Waals surface area contributed by atoms with Crippen LogP contribution >= 0.6 is 0 Å². The first-order valence-electron chi connectivity index (χ1n) is 13.9. The molecule has 45 heavy (non-hydrogen) atoms. The van der Waals surface area contributed by atoms with E-state index in [4.69, 9.17) is 42.3 Å². The van der Waals surface area contributed by atoms with Gasteiger partial charge in [-0.3, -0.25) is 24.0 Å². The summed E-state index contributed by atoms with van der Waals surface area (Å²) in [6.07, 6.45) is -5.49. The molecule has 3 heterocycles. The summed E-state index contributed by atoms with van der Waals surface area (Å²) in [4.78, 5) is 61.1. The molecule has 14 heteroatoms. The van der Waals surface area contributed by atoms with Crippen LogP contribution in [-0.2, 0) is 42.9 Å². The van der Waals surface area contributed by atoms with Gasteiger partial charge in [0.05, 0.1) is 10.9 Å². The van der Waals surface area contributed by atoms with Crippen molar-refractivity contribution in [2.45, 2.75) is 58.4 Å². The first-order valence-corrected chi connectivity index (χ1v) is 13.9. The summed E-state index contributed by atoms with van der Waals surface area (Å²) in [5, 5.41) is 0.247. The Morgan fingerprint density at radius 1 is 0.778 bits per heavy atom. The van der Waals surface area contributed by atoms with Crippen molar-refractivity contribution in [1.29, 1.82) is 0 Å². The van der Waals surface area contributed by atoms with Gasteiger partial charge < -0.3 is 42.3 Å². The lowest BCUT2D eigenvalue weighted by Gasteiger charge is -2.43. The highest BCUT2D eigenvalue weighted by atomic mass is 16.7. The maximum Gasteiger partial charge on any atom is 0.303 e. The predicted octanol–water partition coefficient (Wildman–Crippen LogP) is 2.69. The third kappa shape index (κ3) is 7.17. The summed E-state index contributed by atoms with van der Waals surface area (Å²) >= 11 is 0. The van der Waals surface area contributed by atoms with E-state index < -0.39 is 61.2 Å². The largest absolute Gasteiger partial charge is 0.486 e. The van der Waals surface area contributed by atoms with Crippen LogP contribution in [0.2, 0.25) is 0 Å². The van der Waals surface area contributed by atoms with E-state index in [-0.39, 0.29) is 22.1 Å². The van der Waals surface area contributed by atoms with Gasteiger partial charge in [0, 0.05) is 33.8 Å². The van der Waals surface area contributed by atoms with Crippen LogP contribution in [0, 0.1) is 0 Å². The van der Waals surface area contributed by atoms with E-state index in [1.807, 2.05) is 0 Å². The summed E-state index contributed by atoms with van der Waals surface area (Å²) < 4.78 is 50.3. The Bertz CT molecular complexity index is 1680. The molecule has 0 bridgehead atoms. The highest BCUT2D eigenvalue weighted by Crippen LogP contribution is 2.35. The van der Waals surface area contributed by atoms with Crippen LogP contribution in [0.25, 0.3) is 22.1 Å². The molecule has 1 saturated heterocycles. The fraction of sp³-hybridized carbons (Fsp3) is 0.387. The predicted molar refractivity (Wildman–Crippen MR) is 151 cm³/mol. The molecule has 2 aromatic carbocycles. The molecular weight excluding hydrogens is 596 g/mol. The van der Waals surface area contributed by atoms with Crippen molar-refractivity contribution in [2.75, 3.05) is 19.8 Å². The molecule has 0 spiro atoms. The lowest BCUT2D eigenvalue weighted by atomic mass is 9.98. The first-order chi connectivity index (χ1) is 21.5. The van der Waals surface area contributed by atoms with Crippen LogP contribution in [0.15, 0.2) is 51.9 Å². The normalized spacial score (nSPS) is 22.2. The maximum absolute atomic E-state index is 13.4. The van der Waals surface area contributed by atoms with E-state index in [9.17, 15) is 24.0 Å². The van der Waals surface area contributed by atoms with Gasteiger partial charge in [0.2, 0.25) is 12.4 Å². The summed E-state index contributed by atoms with van der Waals surface area (Å²) in [6, 6.07) is 9.54. The Labute approximate surface area is 256 Å². The lowest BCUT2D eigenvalue weighted by Crippen LogP contribution is -2.63. The fourth-order valence-electron chi connectivity index (χ4n) is 5.01. The molecule has 5 rings (SSSR count). The average Bonchev–Trinajstić information content (AvgIpc) is 2.98. The molecule has 2 aliphatic rings. The smallest absolute Gasteiger partial charge is 0.303 e. The van der Waals surface area contributed by atoms with Crippen LogP contribution in [0.5, 0.6) is 17.2 Å². The summed E-state index contributed by atoms with van der Waals surface area (Å²) in [5.74, 6) is -1.73. The van der Waals surface area contributed by atoms with Gasteiger partial charge in [-0.2, -0.15) is 0 Å². The van der Waals surface area contributed by atoms with Crippen molar-refractivity contribution in [1.82, 2.24) is 0 Å². The molecule has 1 fully saturated rings. The van der Waals surface area contributed by atoms with Crippen LogP contribution in [-0.4, -0.2) is 74.4 Å². The Hall–Kier alpha value is -5.11. The second-order valence-corrected chi connectivity index (χ2v) is 10.2. The molecular formula is C31H30O14. The highest BCUT2D eigenvalue weighted by molar-refractivity contribution is 5.83.